The van der Waals surface area contributed by atoms with Gasteiger partial charge in [-0.2, -0.15) is 0 Å². The van der Waals surface area contributed by atoms with Crippen LogP contribution in [0.15, 0.2) is 90.1 Å². The van der Waals surface area contributed by atoms with E-state index in [0.717, 1.165) is 74.1 Å². The van der Waals surface area contributed by atoms with Crippen molar-refractivity contribution in [1.29, 1.82) is 0 Å². The number of ether oxygens (including phenoxy) is 2. The lowest BCUT2D eigenvalue weighted by Crippen LogP contribution is -2.48. The predicted octanol–water partition coefficient (Wildman–Crippen LogP) is 8.29. The van der Waals surface area contributed by atoms with Gasteiger partial charge in [-0.25, -0.2) is 18.1 Å². The zero-order valence-electron chi connectivity index (χ0n) is 34.2. The summed E-state index contributed by atoms with van der Waals surface area (Å²) in [6.45, 7) is 8.48. The molecule has 0 radical (unpaired) electrons. The van der Waals surface area contributed by atoms with Gasteiger partial charge in [0.25, 0.3) is 21.6 Å². The van der Waals surface area contributed by atoms with E-state index in [1.807, 2.05) is 18.2 Å². The van der Waals surface area contributed by atoms with Gasteiger partial charge in [0.05, 0.1) is 21.6 Å². The summed E-state index contributed by atoms with van der Waals surface area (Å²) in [5.41, 5.74) is 2.62. The van der Waals surface area contributed by atoms with Crippen molar-refractivity contribution < 1.29 is 27.6 Å². The molecule has 1 amide bonds. The maximum absolute atomic E-state index is 13.9. The molecule has 3 aliphatic rings. The molecule has 3 aromatic carbocycles. The lowest BCUT2D eigenvalue weighted by atomic mass is 9.89. The number of piperazine rings is 1. The first kappa shape index (κ1) is 42.5. The first-order valence-electron chi connectivity index (χ1n) is 21.1. The summed E-state index contributed by atoms with van der Waals surface area (Å²) in [6.07, 6.45) is 9.82. The first-order chi connectivity index (χ1) is 29.5. The van der Waals surface area contributed by atoms with Crippen LogP contribution in [0.2, 0.25) is 5.02 Å². The quantitative estimate of drug-likeness (QED) is 0.0683. The summed E-state index contributed by atoms with van der Waals surface area (Å²) >= 11 is 6.10. The summed E-state index contributed by atoms with van der Waals surface area (Å²) in [6, 6.07) is 20.6. The minimum Gasteiger partial charge on any atom is -0.455 e. The number of nitrogens with one attached hydrogen (secondary N) is 3. The number of nitro groups is 1. The Morgan fingerprint density at radius 3 is 2.56 bits per heavy atom. The van der Waals surface area contributed by atoms with E-state index in [4.69, 9.17) is 21.1 Å². The Hall–Kier alpha value is -5.22. The van der Waals surface area contributed by atoms with Crippen LogP contribution in [-0.2, 0) is 21.2 Å². The molecular weight excluding hydrogens is 818 g/mol. The lowest BCUT2D eigenvalue weighted by Gasteiger charge is -2.38. The summed E-state index contributed by atoms with van der Waals surface area (Å²) in [5, 5.41) is 16.7. The summed E-state index contributed by atoms with van der Waals surface area (Å²) in [4.78, 5) is 37.1. The molecule has 0 spiro atoms. The molecule has 322 valence electrons. The number of carbonyl (C=O) groups excluding carboxylic acids is 1. The molecule has 1 saturated carbocycles. The van der Waals surface area contributed by atoms with E-state index in [1.54, 1.807) is 30.5 Å². The predicted molar refractivity (Wildman–Crippen MR) is 236 cm³/mol. The van der Waals surface area contributed by atoms with Crippen molar-refractivity contribution in [3.63, 3.8) is 0 Å². The van der Waals surface area contributed by atoms with Gasteiger partial charge in [-0.1, -0.05) is 30.7 Å². The highest BCUT2D eigenvalue weighted by atomic mass is 35.5. The zero-order chi connectivity index (χ0) is 42.5. The maximum atomic E-state index is 13.9. The molecule has 3 N–H and O–H groups in total. The molecule has 4 heterocycles. The number of rotatable bonds is 15. The number of hydrogen-bond donors (Lipinski definition) is 3. The van der Waals surface area contributed by atoms with E-state index in [9.17, 15) is 23.3 Å². The van der Waals surface area contributed by atoms with Gasteiger partial charge in [0.2, 0.25) is 0 Å². The summed E-state index contributed by atoms with van der Waals surface area (Å²) < 4.78 is 41.1. The molecule has 16 heteroatoms. The lowest BCUT2D eigenvalue weighted by molar-refractivity contribution is -0.384. The normalized spacial score (nSPS) is 19.5. The van der Waals surface area contributed by atoms with Gasteiger partial charge < -0.3 is 24.7 Å². The third kappa shape index (κ3) is 10.5. The Labute approximate surface area is 361 Å². The van der Waals surface area contributed by atoms with Gasteiger partial charge in [-0.3, -0.25) is 19.8 Å². The van der Waals surface area contributed by atoms with Crippen LogP contribution < -0.4 is 19.7 Å². The van der Waals surface area contributed by atoms with Gasteiger partial charge in [-0.05, 0) is 116 Å². The molecular formula is C45H52ClN7O7S. The second-order valence-electron chi connectivity index (χ2n) is 16.7. The Morgan fingerprint density at radius 2 is 1.79 bits per heavy atom. The molecule has 2 saturated heterocycles. The number of anilines is 2. The van der Waals surface area contributed by atoms with Gasteiger partial charge in [0.15, 0.2) is 0 Å². The number of halogens is 1. The standard InChI is InChI=1S/C45H52ClN7O7S/c1-30(34-5-2-33(23-34)22-31-3-6-36(46)7-4-31)29-51-16-18-52(19-17-51)37-8-10-40(43(25-37)60-38-24-35-12-15-47-44(35)49-28-38)45(54)50-61(57,58)39-9-11-41(42(26-39)53(55)56)48-27-32-13-20-59-21-14-32/h3-4,6-12,15,24-26,28,30,32-34,48H,2,5,13-14,16-23,27,29H2,1H3,(H,47,49)(H,50,54)/t30?,33-,34-/m0/s1. The first-order valence-corrected chi connectivity index (χ1v) is 23.0. The number of carbonyl (C=O) groups is 1. The Balaban J connectivity index is 0.938. The van der Waals surface area contributed by atoms with E-state index < -0.39 is 31.4 Å². The Morgan fingerprint density at radius 1 is 1.00 bits per heavy atom. The minimum absolute atomic E-state index is 0.0240. The molecule has 0 bridgehead atoms. The van der Waals surface area contributed by atoms with Gasteiger partial charge in [0.1, 0.15) is 22.8 Å². The average Bonchev–Trinajstić information content (AvgIpc) is 3.94. The van der Waals surface area contributed by atoms with E-state index in [-0.39, 0.29) is 22.9 Å². The molecule has 8 rings (SSSR count). The Bertz CT molecular complexity index is 2450. The number of fused-ring (bicyclic) bond motifs is 1. The smallest absolute Gasteiger partial charge is 0.293 e. The molecule has 3 fully saturated rings. The minimum atomic E-state index is -4.54. The average molecular weight is 870 g/mol. The van der Waals surface area contributed by atoms with Crippen molar-refractivity contribution in [3.05, 3.63) is 111 Å². The molecule has 3 atom stereocenters. The number of sulfonamides is 1. The van der Waals surface area contributed by atoms with E-state index in [0.29, 0.717) is 48.9 Å². The van der Waals surface area contributed by atoms with Gasteiger partial charge in [0, 0.05) is 86.9 Å². The van der Waals surface area contributed by atoms with E-state index >= 15 is 0 Å². The molecule has 14 nitrogen and oxygen atoms in total. The van der Waals surface area contributed by atoms with Crippen LogP contribution in [0.5, 0.6) is 11.5 Å². The van der Waals surface area contributed by atoms with Gasteiger partial charge >= 0.3 is 0 Å². The second-order valence-corrected chi connectivity index (χ2v) is 18.8. The highest BCUT2D eigenvalue weighted by molar-refractivity contribution is 7.90. The third-order valence-corrected chi connectivity index (χ3v) is 14.1. The SMILES string of the molecule is CC(CN1CCN(c2ccc(C(=O)NS(=O)(=O)c3ccc(NCC4CCOCC4)c([N+](=O)[O-])c3)c(Oc3cnc4[nH]ccc4c3)c2)CC1)[C@H]1CC[C@@H](Cc2ccc(Cl)cc2)C1. The number of amides is 1. The second kappa shape index (κ2) is 18.8. The number of H-pyrrole nitrogens is 1. The molecule has 5 aromatic rings. The van der Waals surface area contributed by atoms with Crippen molar-refractivity contribution in [2.45, 2.75) is 50.3 Å². The van der Waals surface area contributed by atoms with Crippen molar-refractivity contribution in [3.8, 4) is 11.5 Å². The number of hydrogen-bond acceptors (Lipinski definition) is 11. The number of nitro benzene ring substituents is 1. The molecule has 2 aromatic heterocycles. The van der Waals surface area contributed by atoms with Crippen molar-refractivity contribution in [2.24, 2.45) is 23.7 Å². The fraction of sp³-hybridized carbons (Fsp3) is 0.422. The van der Waals surface area contributed by atoms with Crippen LogP contribution >= 0.6 is 11.6 Å². The summed E-state index contributed by atoms with van der Waals surface area (Å²) in [7, 11) is -4.54. The number of pyridine rings is 1. The number of benzene rings is 3. The molecule has 61 heavy (non-hydrogen) atoms. The van der Waals surface area contributed by atoms with Crippen molar-refractivity contribution in [2.75, 3.05) is 62.7 Å². The molecule has 1 unspecified atom stereocenters. The third-order valence-electron chi connectivity index (χ3n) is 12.5. The highest BCUT2D eigenvalue weighted by Crippen LogP contribution is 2.39. The largest absolute Gasteiger partial charge is 0.455 e. The van der Waals surface area contributed by atoms with Crippen LogP contribution in [0, 0.1) is 33.8 Å². The fourth-order valence-corrected chi connectivity index (χ4v) is 10.1. The van der Waals surface area contributed by atoms with Crippen molar-refractivity contribution >= 4 is 55.6 Å². The highest BCUT2D eigenvalue weighted by Gasteiger charge is 2.31. The van der Waals surface area contributed by atoms with E-state index in [2.05, 4.69) is 48.9 Å². The topological polar surface area (TPSA) is 172 Å². The van der Waals surface area contributed by atoms with Crippen molar-refractivity contribution in [1.82, 2.24) is 19.6 Å². The zero-order valence-corrected chi connectivity index (χ0v) is 35.8. The Kier molecular flexibility index (Phi) is 13.1. The summed E-state index contributed by atoms with van der Waals surface area (Å²) in [5.74, 6) is 1.84. The van der Waals surface area contributed by atoms with Crippen LogP contribution in [-0.4, -0.2) is 86.6 Å². The van der Waals surface area contributed by atoms with Crippen LogP contribution in [0.4, 0.5) is 17.1 Å². The van der Waals surface area contributed by atoms with Crippen LogP contribution in [0.25, 0.3) is 11.0 Å². The maximum Gasteiger partial charge on any atom is 0.293 e. The monoisotopic (exact) mass is 869 g/mol. The van der Waals surface area contributed by atoms with Gasteiger partial charge in [-0.15, -0.1) is 0 Å². The number of aromatic nitrogens is 2. The fourth-order valence-electron chi connectivity index (χ4n) is 9.02. The number of nitrogens with zero attached hydrogens (tertiary/aromatic N) is 4. The molecule has 1 aliphatic carbocycles. The number of aromatic amines is 1. The van der Waals surface area contributed by atoms with Crippen LogP contribution in [0.3, 0.4) is 0 Å². The van der Waals surface area contributed by atoms with E-state index in [1.165, 1.54) is 43.2 Å². The van der Waals surface area contributed by atoms with Crippen LogP contribution in [0.1, 0.15) is 54.9 Å². The molecule has 2 aliphatic heterocycles.